The number of halogens is 1. The maximum Gasteiger partial charge on any atom is 0.274 e. The maximum absolute atomic E-state index is 10.9. The van der Waals surface area contributed by atoms with Crippen molar-refractivity contribution in [3.63, 3.8) is 0 Å². The lowest BCUT2D eigenvalue weighted by molar-refractivity contribution is -0.385. The van der Waals surface area contributed by atoms with Gasteiger partial charge in [0.25, 0.3) is 5.69 Å². The molecule has 0 amide bonds. The molecule has 90 valence electrons. The fourth-order valence-electron chi connectivity index (χ4n) is 1.92. The first-order chi connectivity index (χ1) is 8.09. The van der Waals surface area contributed by atoms with Crippen molar-refractivity contribution in [1.82, 2.24) is 4.90 Å². The van der Waals surface area contributed by atoms with Gasteiger partial charge in [0.15, 0.2) is 0 Å². The normalized spacial score (nSPS) is 14.4. The van der Waals surface area contributed by atoms with Crippen LogP contribution in [0.2, 0.25) is 0 Å². The van der Waals surface area contributed by atoms with E-state index < -0.39 is 0 Å². The lowest BCUT2D eigenvalue weighted by Crippen LogP contribution is -2.27. The summed E-state index contributed by atoms with van der Waals surface area (Å²) in [4.78, 5) is 12.7. The van der Waals surface area contributed by atoms with Gasteiger partial charge in [0.1, 0.15) is 0 Å². The van der Waals surface area contributed by atoms with Crippen molar-refractivity contribution < 1.29 is 4.92 Å². The smallest absolute Gasteiger partial charge is 0.274 e. The molecule has 0 spiro atoms. The van der Waals surface area contributed by atoms with Crippen LogP contribution < -0.4 is 0 Å². The minimum Gasteiger partial charge on any atom is -0.302 e. The Morgan fingerprint density at radius 3 is 2.65 bits per heavy atom. The second kappa shape index (κ2) is 5.80. The van der Waals surface area contributed by atoms with E-state index in [1.807, 2.05) is 7.05 Å². The Morgan fingerprint density at radius 2 is 2.06 bits per heavy atom. The molecule has 2 rings (SSSR count). The van der Waals surface area contributed by atoms with Crippen LogP contribution in [0, 0.1) is 23.0 Å². The molecule has 1 aromatic rings. The molecule has 0 aromatic heterocycles. The van der Waals surface area contributed by atoms with E-state index in [2.05, 4.69) is 33.7 Å². The molecule has 1 aromatic carbocycles. The predicted octanol–water partition coefficient (Wildman–Crippen LogP) is 2.59. The first kappa shape index (κ1) is 13.7. The second-order valence-corrected chi connectivity index (χ2v) is 4.62. The van der Waals surface area contributed by atoms with Crippen molar-refractivity contribution in [2.75, 3.05) is 13.6 Å². The molecule has 17 heavy (non-hydrogen) atoms. The van der Waals surface area contributed by atoms with Crippen LogP contribution >= 0.6 is 15.9 Å². The van der Waals surface area contributed by atoms with Crippen molar-refractivity contribution in [2.45, 2.75) is 13.0 Å². The monoisotopic (exact) mass is 296 g/mol. The third-order valence-electron chi connectivity index (χ3n) is 2.72. The van der Waals surface area contributed by atoms with Crippen LogP contribution in [0.1, 0.15) is 11.1 Å². The highest BCUT2D eigenvalue weighted by Gasteiger charge is 2.24. The molecule has 0 bridgehead atoms. The summed E-state index contributed by atoms with van der Waals surface area (Å²) in [5, 5.41) is 10.9. The first-order valence-electron chi connectivity index (χ1n) is 5.06. The highest BCUT2D eigenvalue weighted by molar-refractivity contribution is 9.10. The maximum atomic E-state index is 10.9. The van der Waals surface area contributed by atoms with Gasteiger partial charge in [-0.3, -0.25) is 10.1 Å². The van der Waals surface area contributed by atoms with Gasteiger partial charge in [-0.15, -0.1) is 12.8 Å². The molecule has 0 atom stereocenters. The van der Waals surface area contributed by atoms with Gasteiger partial charge in [-0.1, -0.05) is 15.9 Å². The zero-order valence-electron chi connectivity index (χ0n) is 9.52. The molecule has 0 aliphatic carbocycles. The standard InChI is InChI=1S/C10H11BrN2O2.C2H2/c1-12-5-4-7-8(6-12)10(13(14)15)3-2-9(7)11;1-2/h2-3H,4-6H2,1H3;1-2H. The summed E-state index contributed by atoms with van der Waals surface area (Å²) in [6.45, 7) is 1.61. The van der Waals surface area contributed by atoms with E-state index in [1.165, 1.54) is 0 Å². The molecule has 0 fully saturated rings. The van der Waals surface area contributed by atoms with Gasteiger partial charge in [0.05, 0.1) is 4.92 Å². The zero-order chi connectivity index (χ0) is 13.0. The molecule has 0 N–H and O–H groups in total. The third-order valence-corrected chi connectivity index (χ3v) is 3.46. The number of nitro groups is 1. The van der Waals surface area contributed by atoms with E-state index in [-0.39, 0.29) is 10.6 Å². The van der Waals surface area contributed by atoms with Gasteiger partial charge in [0.2, 0.25) is 0 Å². The molecule has 5 heteroatoms. The third kappa shape index (κ3) is 2.84. The van der Waals surface area contributed by atoms with Crippen LogP contribution in [0.3, 0.4) is 0 Å². The minimum atomic E-state index is -0.301. The van der Waals surface area contributed by atoms with Crippen molar-refractivity contribution >= 4 is 21.6 Å². The van der Waals surface area contributed by atoms with Crippen LogP contribution in [0.15, 0.2) is 16.6 Å². The number of nitrogens with zero attached hydrogens (tertiary/aromatic N) is 2. The summed E-state index contributed by atoms with van der Waals surface area (Å²) >= 11 is 3.44. The fraction of sp³-hybridized carbons (Fsp3) is 0.333. The van der Waals surface area contributed by atoms with Gasteiger partial charge in [0, 0.05) is 29.2 Å². The van der Waals surface area contributed by atoms with Gasteiger partial charge in [-0.25, -0.2) is 0 Å². The van der Waals surface area contributed by atoms with Gasteiger partial charge in [-0.2, -0.15) is 0 Å². The van der Waals surface area contributed by atoms with Crippen LogP contribution in [0.25, 0.3) is 0 Å². The van der Waals surface area contributed by atoms with E-state index in [1.54, 1.807) is 12.1 Å². The Balaban J connectivity index is 0.000000686. The SMILES string of the molecule is C#C.CN1CCc2c(Br)ccc([N+](=O)[O-])c2C1. The van der Waals surface area contributed by atoms with Crippen LogP contribution in [-0.4, -0.2) is 23.4 Å². The molecule has 1 aliphatic heterocycles. The van der Waals surface area contributed by atoms with E-state index in [0.717, 1.165) is 28.6 Å². The Morgan fingerprint density at radius 1 is 1.41 bits per heavy atom. The van der Waals surface area contributed by atoms with Crippen molar-refractivity contribution in [2.24, 2.45) is 0 Å². The molecule has 0 saturated heterocycles. The molecule has 0 radical (unpaired) electrons. The predicted molar refractivity (Wildman–Crippen MR) is 70.7 cm³/mol. The Kier molecular flexibility index (Phi) is 4.67. The number of rotatable bonds is 1. The summed E-state index contributed by atoms with van der Waals surface area (Å²) in [6, 6.07) is 3.34. The largest absolute Gasteiger partial charge is 0.302 e. The van der Waals surface area contributed by atoms with Crippen molar-refractivity contribution in [3.05, 3.63) is 37.8 Å². The van der Waals surface area contributed by atoms with Crippen LogP contribution in [-0.2, 0) is 13.0 Å². The minimum absolute atomic E-state index is 0.236. The average molecular weight is 297 g/mol. The van der Waals surface area contributed by atoms with Crippen LogP contribution in [0.5, 0.6) is 0 Å². The Bertz CT molecular complexity index is 457. The lowest BCUT2D eigenvalue weighted by atomic mass is 9.98. The Labute approximate surface area is 109 Å². The summed E-state index contributed by atoms with van der Waals surface area (Å²) in [6.07, 6.45) is 8.87. The van der Waals surface area contributed by atoms with E-state index in [9.17, 15) is 10.1 Å². The van der Waals surface area contributed by atoms with Gasteiger partial charge in [-0.05, 0) is 25.1 Å². The van der Waals surface area contributed by atoms with Gasteiger partial charge < -0.3 is 4.90 Å². The topological polar surface area (TPSA) is 46.4 Å². The molecule has 1 aliphatic rings. The highest BCUT2D eigenvalue weighted by atomic mass is 79.9. The Hall–Kier alpha value is -1.38. The molecular formula is C12H13BrN2O2. The lowest BCUT2D eigenvalue weighted by Gasteiger charge is -2.25. The van der Waals surface area contributed by atoms with E-state index in [4.69, 9.17) is 0 Å². The number of benzene rings is 1. The zero-order valence-corrected chi connectivity index (χ0v) is 11.1. The fourth-order valence-corrected chi connectivity index (χ4v) is 2.49. The van der Waals surface area contributed by atoms with Gasteiger partial charge >= 0.3 is 0 Å². The van der Waals surface area contributed by atoms with Crippen molar-refractivity contribution in [3.8, 4) is 12.8 Å². The number of nitro benzene ring substituents is 1. The van der Waals surface area contributed by atoms with E-state index >= 15 is 0 Å². The number of hydrogen-bond acceptors (Lipinski definition) is 3. The molecule has 0 saturated carbocycles. The van der Waals surface area contributed by atoms with Crippen LogP contribution in [0.4, 0.5) is 5.69 Å². The summed E-state index contributed by atoms with van der Waals surface area (Å²) in [5.41, 5.74) is 2.17. The summed E-state index contributed by atoms with van der Waals surface area (Å²) in [7, 11) is 1.98. The summed E-state index contributed by atoms with van der Waals surface area (Å²) in [5.74, 6) is 0. The number of likely N-dealkylation sites (N-methyl/N-ethyl adjacent to an activating group) is 1. The molecule has 4 nitrogen and oxygen atoms in total. The first-order valence-corrected chi connectivity index (χ1v) is 5.85. The van der Waals surface area contributed by atoms with E-state index in [0.29, 0.717) is 6.54 Å². The number of terminal acetylenes is 1. The average Bonchev–Trinajstić information content (AvgIpc) is 2.31. The quantitative estimate of drug-likeness (QED) is 0.455. The second-order valence-electron chi connectivity index (χ2n) is 3.77. The number of hydrogen-bond donors (Lipinski definition) is 0. The molecule has 0 unspecified atom stereocenters. The summed E-state index contributed by atoms with van der Waals surface area (Å²) < 4.78 is 0.983. The molecule has 1 heterocycles. The van der Waals surface area contributed by atoms with Crippen molar-refractivity contribution in [1.29, 1.82) is 0 Å². The molecular weight excluding hydrogens is 284 g/mol. The highest BCUT2D eigenvalue weighted by Crippen LogP contribution is 2.32. The number of fused-ring (bicyclic) bond motifs is 1.